The lowest BCUT2D eigenvalue weighted by Gasteiger charge is -2.19. The van der Waals surface area contributed by atoms with Gasteiger partial charge in [-0.25, -0.2) is 4.39 Å². The SMILES string of the molecule is CCc1ccc(C(NC)c2cc(F)ccc2Cl)cc1. The Balaban J connectivity index is 2.40. The Kier molecular flexibility index (Phi) is 4.56. The van der Waals surface area contributed by atoms with Crippen molar-refractivity contribution in [1.82, 2.24) is 5.32 Å². The quantitative estimate of drug-likeness (QED) is 0.876. The first-order valence-electron chi connectivity index (χ1n) is 6.36. The number of aryl methyl sites for hydroxylation is 1. The molecule has 0 saturated heterocycles. The molecule has 100 valence electrons. The molecule has 3 heteroatoms. The van der Waals surface area contributed by atoms with Gasteiger partial charge in [-0.3, -0.25) is 0 Å². The summed E-state index contributed by atoms with van der Waals surface area (Å²) in [5, 5.41) is 3.76. The minimum Gasteiger partial charge on any atom is -0.309 e. The third-order valence-electron chi connectivity index (χ3n) is 3.28. The van der Waals surface area contributed by atoms with Crippen LogP contribution in [0.3, 0.4) is 0 Å². The zero-order valence-electron chi connectivity index (χ0n) is 11.1. The first kappa shape index (κ1) is 14.0. The molecule has 0 fully saturated rings. The Hall–Kier alpha value is -1.38. The van der Waals surface area contributed by atoms with E-state index in [-0.39, 0.29) is 11.9 Å². The van der Waals surface area contributed by atoms with Crippen LogP contribution in [0.25, 0.3) is 0 Å². The monoisotopic (exact) mass is 277 g/mol. The van der Waals surface area contributed by atoms with Crippen LogP contribution in [0.4, 0.5) is 4.39 Å². The molecular weight excluding hydrogens is 261 g/mol. The van der Waals surface area contributed by atoms with Gasteiger partial charge in [0, 0.05) is 5.02 Å². The molecule has 0 aliphatic carbocycles. The van der Waals surface area contributed by atoms with Crippen molar-refractivity contribution in [3.8, 4) is 0 Å². The van der Waals surface area contributed by atoms with Gasteiger partial charge >= 0.3 is 0 Å². The number of hydrogen-bond acceptors (Lipinski definition) is 1. The molecule has 0 amide bonds. The molecule has 1 atom stereocenters. The largest absolute Gasteiger partial charge is 0.309 e. The second-order valence-electron chi connectivity index (χ2n) is 4.48. The van der Waals surface area contributed by atoms with E-state index in [1.165, 1.54) is 17.7 Å². The Bertz CT molecular complexity index is 551. The molecule has 2 rings (SSSR count). The van der Waals surface area contributed by atoms with E-state index in [9.17, 15) is 4.39 Å². The molecule has 0 aromatic heterocycles. The van der Waals surface area contributed by atoms with Crippen molar-refractivity contribution in [3.63, 3.8) is 0 Å². The third-order valence-corrected chi connectivity index (χ3v) is 3.62. The lowest BCUT2D eigenvalue weighted by molar-refractivity contribution is 0.617. The smallest absolute Gasteiger partial charge is 0.123 e. The van der Waals surface area contributed by atoms with E-state index in [2.05, 4.69) is 36.5 Å². The van der Waals surface area contributed by atoms with Crippen LogP contribution in [0, 0.1) is 5.82 Å². The standard InChI is InChI=1S/C16H17ClFN/c1-3-11-4-6-12(7-5-11)16(19-2)14-10-13(18)8-9-15(14)17/h4-10,16,19H,3H2,1-2H3. The highest BCUT2D eigenvalue weighted by Crippen LogP contribution is 2.29. The molecule has 0 radical (unpaired) electrons. The lowest BCUT2D eigenvalue weighted by Crippen LogP contribution is -2.18. The zero-order valence-corrected chi connectivity index (χ0v) is 11.8. The van der Waals surface area contributed by atoms with E-state index in [1.54, 1.807) is 6.07 Å². The van der Waals surface area contributed by atoms with E-state index in [0.29, 0.717) is 5.02 Å². The molecule has 2 aromatic rings. The highest BCUT2D eigenvalue weighted by Gasteiger charge is 2.15. The van der Waals surface area contributed by atoms with Crippen LogP contribution in [0.1, 0.15) is 29.7 Å². The number of rotatable bonds is 4. The highest BCUT2D eigenvalue weighted by atomic mass is 35.5. The minimum absolute atomic E-state index is 0.103. The summed E-state index contributed by atoms with van der Waals surface area (Å²) in [5.74, 6) is -0.273. The summed E-state index contributed by atoms with van der Waals surface area (Å²) in [7, 11) is 1.85. The summed E-state index contributed by atoms with van der Waals surface area (Å²) in [6.45, 7) is 2.12. The van der Waals surface area contributed by atoms with Gasteiger partial charge in [0.05, 0.1) is 6.04 Å². The van der Waals surface area contributed by atoms with Crippen molar-refractivity contribution < 1.29 is 4.39 Å². The van der Waals surface area contributed by atoms with E-state index in [0.717, 1.165) is 17.5 Å². The van der Waals surface area contributed by atoms with Gasteiger partial charge in [0.25, 0.3) is 0 Å². The minimum atomic E-state index is -0.273. The Morgan fingerprint density at radius 1 is 1.16 bits per heavy atom. The predicted octanol–water partition coefficient (Wildman–Crippen LogP) is 4.35. The van der Waals surface area contributed by atoms with Crippen molar-refractivity contribution >= 4 is 11.6 Å². The average Bonchev–Trinajstić information content (AvgIpc) is 2.44. The second-order valence-corrected chi connectivity index (χ2v) is 4.89. The van der Waals surface area contributed by atoms with E-state index in [4.69, 9.17) is 11.6 Å². The fourth-order valence-corrected chi connectivity index (χ4v) is 2.41. The summed E-state index contributed by atoms with van der Waals surface area (Å²) >= 11 is 6.17. The van der Waals surface area contributed by atoms with Crippen molar-refractivity contribution in [1.29, 1.82) is 0 Å². The summed E-state index contributed by atoms with van der Waals surface area (Å²) in [5.41, 5.74) is 3.12. The van der Waals surface area contributed by atoms with Gasteiger partial charge in [-0.15, -0.1) is 0 Å². The topological polar surface area (TPSA) is 12.0 Å². The van der Waals surface area contributed by atoms with Gasteiger partial charge in [0.15, 0.2) is 0 Å². The molecule has 0 heterocycles. The number of nitrogens with one attached hydrogen (secondary N) is 1. The highest BCUT2D eigenvalue weighted by molar-refractivity contribution is 6.31. The lowest BCUT2D eigenvalue weighted by atomic mass is 9.97. The van der Waals surface area contributed by atoms with Crippen LogP contribution in [0.2, 0.25) is 5.02 Å². The molecule has 0 aliphatic rings. The van der Waals surface area contributed by atoms with Crippen LogP contribution >= 0.6 is 11.6 Å². The summed E-state index contributed by atoms with van der Waals surface area (Å²) in [4.78, 5) is 0. The molecule has 0 aliphatic heterocycles. The Labute approximate surface area is 118 Å². The maximum Gasteiger partial charge on any atom is 0.123 e. The molecule has 1 unspecified atom stereocenters. The first-order chi connectivity index (χ1) is 9.15. The Morgan fingerprint density at radius 2 is 1.84 bits per heavy atom. The van der Waals surface area contributed by atoms with Gasteiger partial charge in [0.2, 0.25) is 0 Å². The number of hydrogen-bond donors (Lipinski definition) is 1. The van der Waals surface area contributed by atoms with Crippen LogP contribution in [-0.4, -0.2) is 7.05 Å². The van der Waals surface area contributed by atoms with Crippen molar-refractivity contribution in [2.45, 2.75) is 19.4 Å². The van der Waals surface area contributed by atoms with Gasteiger partial charge in [-0.1, -0.05) is 42.8 Å². The molecule has 0 saturated carbocycles. The van der Waals surface area contributed by atoms with Crippen LogP contribution in [0.15, 0.2) is 42.5 Å². The molecule has 1 N–H and O–H groups in total. The van der Waals surface area contributed by atoms with E-state index >= 15 is 0 Å². The summed E-state index contributed by atoms with van der Waals surface area (Å²) < 4.78 is 13.4. The van der Waals surface area contributed by atoms with Gasteiger partial charge in [0.1, 0.15) is 5.82 Å². The van der Waals surface area contributed by atoms with Gasteiger partial charge in [-0.2, -0.15) is 0 Å². The first-order valence-corrected chi connectivity index (χ1v) is 6.74. The van der Waals surface area contributed by atoms with E-state index < -0.39 is 0 Å². The molecule has 0 bridgehead atoms. The van der Waals surface area contributed by atoms with Crippen molar-refractivity contribution in [2.75, 3.05) is 7.05 Å². The summed E-state index contributed by atoms with van der Waals surface area (Å²) in [6, 6.07) is 12.6. The van der Waals surface area contributed by atoms with Crippen molar-refractivity contribution in [2.24, 2.45) is 0 Å². The fraction of sp³-hybridized carbons (Fsp3) is 0.250. The van der Waals surface area contributed by atoms with Gasteiger partial charge < -0.3 is 5.32 Å². The Morgan fingerprint density at radius 3 is 2.42 bits per heavy atom. The van der Waals surface area contributed by atoms with Crippen LogP contribution < -0.4 is 5.32 Å². The van der Waals surface area contributed by atoms with E-state index in [1.807, 2.05) is 7.05 Å². The molecule has 1 nitrogen and oxygen atoms in total. The number of halogens is 2. The molecule has 19 heavy (non-hydrogen) atoms. The maximum atomic E-state index is 13.4. The summed E-state index contributed by atoms with van der Waals surface area (Å²) in [6.07, 6.45) is 1.01. The molecule has 0 spiro atoms. The fourth-order valence-electron chi connectivity index (χ4n) is 2.18. The number of benzene rings is 2. The van der Waals surface area contributed by atoms with Crippen LogP contribution in [0.5, 0.6) is 0 Å². The van der Waals surface area contributed by atoms with Crippen LogP contribution in [-0.2, 0) is 6.42 Å². The second kappa shape index (κ2) is 6.18. The predicted molar refractivity (Wildman–Crippen MR) is 78.1 cm³/mol. The van der Waals surface area contributed by atoms with Gasteiger partial charge in [-0.05, 0) is 48.4 Å². The molecule has 2 aromatic carbocycles. The zero-order chi connectivity index (χ0) is 13.8. The normalized spacial score (nSPS) is 12.4. The van der Waals surface area contributed by atoms with Crippen molar-refractivity contribution in [3.05, 3.63) is 70.0 Å². The third kappa shape index (κ3) is 3.14. The average molecular weight is 278 g/mol. The maximum absolute atomic E-state index is 13.4. The molecular formula is C16H17ClFN.